The first kappa shape index (κ1) is 14.4. The van der Waals surface area contributed by atoms with Crippen molar-refractivity contribution in [1.82, 2.24) is 9.13 Å². The smallest absolute Gasteiger partial charge is 0.328 e. The molecule has 0 saturated carbocycles. The highest BCUT2D eigenvalue weighted by atomic mass is 19.1. The second-order valence-corrected chi connectivity index (χ2v) is 5.49. The Balaban J connectivity index is 1.96. The number of aromatic nitrogens is 2. The Morgan fingerprint density at radius 2 is 1.73 bits per heavy atom. The summed E-state index contributed by atoms with van der Waals surface area (Å²) in [5.74, 6) is -0.226. The van der Waals surface area contributed by atoms with E-state index in [4.69, 9.17) is 0 Å². The van der Waals surface area contributed by atoms with E-state index in [1.54, 1.807) is 35.4 Å². The van der Waals surface area contributed by atoms with Crippen molar-refractivity contribution in [2.75, 3.05) is 5.32 Å². The van der Waals surface area contributed by atoms with Crippen molar-refractivity contribution in [3.8, 4) is 0 Å². The predicted octanol–water partition coefficient (Wildman–Crippen LogP) is 3.19. The summed E-state index contributed by atoms with van der Waals surface area (Å²) in [7, 11) is 3.49. The van der Waals surface area contributed by atoms with Crippen LogP contribution < -0.4 is 11.0 Å². The van der Waals surface area contributed by atoms with Gasteiger partial charge in [0.25, 0.3) is 0 Å². The average molecular weight is 299 g/mol. The molecule has 0 aliphatic carbocycles. The summed E-state index contributed by atoms with van der Waals surface area (Å²) in [5, 5.41) is 3.28. The van der Waals surface area contributed by atoms with Gasteiger partial charge < -0.3 is 5.32 Å². The highest BCUT2D eigenvalue weighted by molar-refractivity contribution is 5.80. The van der Waals surface area contributed by atoms with E-state index in [0.29, 0.717) is 5.56 Å². The van der Waals surface area contributed by atoms with Crippen LogP contribution in [0.15, 0.2) is 47.3 Å². The lowest BCUT2D eigenvalue weighted by atomic mass is 10.1. The molecular weight excluding hydrogens is 281 g/mol. The standard InChI is InChI=1S/C17H18FN3O/c1-11(13-6-4-5-7-14(13)18)19-12-8-9-15-16(10-12)21(3)17(22)20(15)2/h4-11,19H,1-3H3/t11-/m1/s1. The monoisotopic (exact) mass is 299 g/mol. The summed E-state index contributed by atoms with van der Waals surface area (Å²) in [6.07, 6.45) is 0. The van der Waals surface area contributed by atoms with Crippen LogP contribution in [0.1, 0.15) is 18.5 Å². The molecule has 1 heterocycles. The van der Waals surface area contributed by atoms with Gasteiger partial charge in [-0.05, 0) is 31.2 Å². The van der Waals surface area contributed by atoms with Crippen molar-refractivity contribution >= 4 is 16.7 Å². The Morgan fingerprint density at radius 3 is 2.45 bits per heavy atom. The summed E-state index contributed by atoms with van der Waals surface area (Å²) >= 11 is 0. The summed E-state index contributed by atoms with van der Waals surface area (Å²) in [5.41, 5.74) is 3.12. The minimum Gasteiger partial charge on any atom is -0.378 e. The van der Waals surface area contributed by atoms with E-state index in [-0.39, 0.29) is 17.5 Å². The van der Waals surface area contributed by atoms with E-state index in [9.17, 15) is 9.18 Å². The first-order chi connectivity index (χ1) is 10.5. The lowest BCUT2D eigenvalue weighted by Gasteiger charge is -2.16. The van der Waals surface area contributed by atoms with Gasteiger partial charge in [-0.1, -0.05) is 18.2 Å². The molecule has 0 radical (unpaired) electrons. The van der Waals surface area contributed by atoms with Crippen LogP contribution in [0, 0.1) is 5.82 Å². The van der Waals surface area contributed by atoms with Gasteiger partial charge in [0.2, 0.25) is 0 Å². The molecule has 3 aromatic rings. The third kappa shape index (κ3) is 2.28. The molecule has 3 rings (SSSR count). The number of nitrogens with zero attached hydrogens (tertiary/aromatic N) is 2. The Labute approximate surface area is 127 Å². The second-order valence-electron chi connectivity index (χ2n) is 5.49. The van der Waals surface area contributed by atoms with Gasteiger partial charge in [0.05, 0.1) is 17.1 Å². The second kappa shape index (κ2) is 5.33. The van der Waals surface area contributed by atoms with Crippen molar-refractivity contribution in [2.24, 2.45) is 14.1 Å². The molecule has 1 N–H and O–H groups in total. The number of anilines is 1. The highest BCUT2D eigenvalue weighted by Crippen LogP contribution is 2.24. The lowest BCUT2D eigenvalue weighted by Crippen LogP contribution is -2.19. The highest BCUT2D eigenvalue weighted by Gasteiger charge is 2.12. The quantitative estimate of drug-likeness (QED) is 0.806. The van der Waals surface area contributed by atoms with Crippen molar-refractivity contribution in [2.45, 2.75) is 13.0 Å². The number of hydrogen-bond acceptors (Lipinski definition) is 2. The molecule has 0 saturated heterocycles. The maximum Gasteiger partial charge on any atom is 0.328 e. The Kier molecular flexibility index (Phi) is 3.48. The maximum atomic E-state index is 13.8. The van der Waals surface area contributed by atoms with Crippen LogP contribution in [0.25, 0.3) is 11.0 Å². The van der Waals surface area contributed by atoms with Crippen molar-refractivity contribution in [3.05, 3.63) is 64.3 Å². The maximum absolute atomic E-state index is 13.8. The van der Waals surface area contributed by atoms with E-state index in [0.717, 1.165) is 16.7 Å². The molecule has 4 nitrogen and oxygen atoms in total. The number of hydrogen-bond donors (Lipinski definition) is 1. The average Bonchev–Trinajstić information content (AvgIpc) is 2.72. The van der Waals surface area contributed by atoms with Gasteiger partial charge in [0, 0.05) is 25.3 Å². The van der Waals surface area contributed by atoms with E-state index in [1.165, 1.54) is 6.07 Å². The SMILES string of the molecule is C[C@@H](Nc1ccc2c(c1)n(C)c(=O)n2C)c1ccccc1F. The van der Waals surface area contributed by atoms with Gasteiger partial charge in [-0.15, -0.1) is 0 Å². The van der Waals surface area contributed by atoms with E-state index >= 15 is 0 Å². The molecule has 0 aliphatic heterocycles. The Bertz CT molecular complexity index is 895. The minimum absolute atomic E-state index is 0.0608. The van der Waals surface area contributed by atoms with Gasteiger partial charge in [-0.25, -0.2) is 9.18 Å². The summed E-state index contributed by atoms with van der Waals surface area (Å²) in [6.45, 7) is 1.91. The molecule has 5 heteroatoms. The van der Waals surface area contributed by atoms with Gasteiger partial charge >= 0.3 is 5.69 Å². The first-order valence-electron chi connectivity index (χ1n) is 7.15. The number of rotatable bonds is 3. The van der Waals surface area contributed by atoms with Gasteiger partial charge in [0.15, 0.2) is 0 Å². The van der Waals surface area contributed by atoms with Crippen LogP contribution in [0.4, 0.5) is 10.1 Å². The molecule has 0 bridgehead atoms. The Morgan fingerprint density at radius 1 is 1.05 bits per heavy atom. The predicted molar refractivity (Wildman–Crippen MR) is 86.6 cm³/mol. The van der Waals surface area contributed by atoms with Gasteiger partial charge in [-0.3, -0.25) is 9.13 Å². The van der Waals surface area contributed by atoms with Crippen LogP contribution in [0.5, 0.6) is 0 Å². The molecule has 0 amide bonds. The zero-order valence-electron chi connectivity index (χ0n) is 12.8. The van der Waals surface area contributed by atoms with Gasteiger partial charge in [0.1, 0.15) is 5.82 Å². The molecule has 1 aromatic heterocycles. The van der Waals surface area contributed by atoms with Crippen LogP contribution >= 0.6 is 0 Å². The third-order valence-corrected chi connectivity index (χ3v) is 4.03. The van der Waals surface area contributed by atoms with E-state index < -0.39 is 0 Å². The van der Waals surface area contributed by atoms with Crippen molar-refractivity contribution in [1.29, 1.82) is 0 Å². The fourth-order valence-electron chi connectivity index (χ4n) is 2.75. The third-order valence-electron chi connectivity index (χ3n) is 4.03. The number of halogens is 1. The van der Waals surface area contributed by atoms with Crippen LogP contribution in [-0.4, -0.2) is 9.13 Å². The Hall–Kier alpha value is -2.56. The fraction of sp³-hybridized carbons (Fsp3) is 0.235. The molecule has 0 unspecified atom stereocenters. The largest absolute Gasteiger partial charge is 0.378 e. The molecule has 22 heavy (non-hydrogen) atoms. The normalized spacial score (nSPS) is 12.5. The number of fused-ring (bicyclic) bond motifs is 1. The van der Waals surface area contributed by atoms with Crippen LogP contribution in [-0.2, 0) is 14.1 Å². The van der Waals surface area contributed by atoms with E-state index in [1.807, 2.05) is 31.2 Å². The number of imidazole rings is 1. The van der Waals surface area contributed by atoms with Gasteiger partial charge in [-0.2, -0.15) is 0 Å². The molecule has 2 aromatic carbocycles. The lowest BCUT2D eigenvalue weighted by molar-refractivity contribution is 0.600. The van der Waals surface area contributed by atoms with E-state index in [2.05, 4.69) is 5.32 Å². The van der Waals surface area contributed by atoms with Crippen LogP contribution in [0.3, 0.4) is 0 Å². The summed E-state index contributed by atoms with van der Waals surface area (Å²) in [4.78, 5) is 11.9. The molecule has 114 valence electrons. The van der Waals surface area contributed by atoms with Crippen LogP contribution in [0.2, 0.25) is 0 Å². The fourth-order valence-corrected chi connectivity index (χ4v) is 2.75. The number of nitrogens with one attached hydrogen (secondary N) is 1. The minimum atomic E-state index is -0.226. The zero-order valence-corrected chi connectivity index (χ0v) is 12.8. The summed E-state index contributed by atoms with van der Waals surface area (Å²) < 4.78 is 17.0. The molecule has 0 aliphatic rings. The zero-order chi connectivity index (χ0) is 15.9. The topological polar surface area (TPSA) is 39.0 Å². The number of aryl methyl sites for hydroxylation is 2. The molecule has 0 fully saturated rings. The molecule has 0 spiro atoms. The van der Waals surface area contributed by atoms with Crippen molar-refractivity contribution in [3.63, 3.8) is 0 Å². The van der Waals surface area contributed by atoms with Crippen molar-refractivity contribution < 1.29 is 4.39 Å². The molecular formula is C17H18FN3O. The molecule has 1 atom stereocenters. The number of benzene rings is 2. The summed E-state index contributed by atoms with van der Waals surface area (Å²) in [6, 6.07) is 12.3. The first-order valence-corrected chi connectivity index (χ1v) is 7.15.